The molecule has 0 atom stereocenters. The van der Waals surface area contributed by atoms with E-state index in [9.17, 15) is 0 Å². The predicted octanol–water partition coefficient (Wildman–Crippen LogP) is 8.42. The Hall–Kier alpha value is -1.60. The predicted molar refractivity (Wildman–Crippen MR) is 137 cm³/mol. The van der Waals surface area contributed by atoms with Crippen molar-refractivity contribution in [2.24, 2.45) is 0 Å². The number of rotatable bonds is 5. The molecule has 3 aromatic rings. The molecule has 0 aromatic heterocycles. The summed E-state index contributed by atoms with van der Waals surface area (Å²) in [7, 11) is 9.87. The van der Waals surface area contributed by atoms with Crippen LogP contribution in [0.5, 0.6) is 0 Å². The third kappa shape index (κ3) is 5.85. The summed E-state index contributed by atoms with van der Waals surface area (Å²) in [6, 6.07) is 28.9. The molecule has 164 valence electrons. The first kappa shape index (κ1) is 26.7. The quantitative estimate of drug-likeness (QED) is 0.293. The third-order valence-electron chi connectivity index (χ3n) is 5.72. The van der Waals surface area contributed by atoms with Crippen molar-refractivity contribution in [3.63, 3.8) is 0 Å². The Kier molecular flexibility index (Phi) is 11.0. The zero-order chi connectivity index (χ0) is 20.8. The van der Waals surface area contributed by atoms with E-state index in [2.05, 4.69) is 102 Å². The average Bonchev–Trinajstić information content (AvgIpc) is 3.43. The number of fused-ring (bicyclic) bond motifs is 3. The molecular formula is C28H29Cl2NZr. The minimum atomic E-state index is -0.826. The van der Waals surface area contributed by atoms with Gasteiger partial charge in [0.05, 0.1) is 6.04 Å². The van der Waals surface area contributed by atoms with Gasteiger partial charge in [0.15, 0.2) is 0 Å². The van der Waals surface area contributed by atoms with Crippen LogP contribution in [0.15, 0.2) is 103 Å². The van der Waals surface area contributed by atoms with Gasteiger partial charge in [-0.2, -0.15) is 0 Å². The number of benzene rings is 3. The van der Waals surface area contributed by atoms with Gasteiger partial charge in [0.1, 0.15) is 0 Å². The molecule has 0 radical (unpaired) electrons. The van der Waals surface area contributed by atoms with E-state index in [1.165, 1.54) is 33.5 Å². The van der Waals surface area contributed by atoms with Crippen LogP contribution in [0, 0.1) is 14.9 Å². The molecule has 0 aliphatic heterocycles. The maximum absolute atomic E-state index is 4.93. The van der Waals surface area contributed by atoms with Gasteiger partial charge < -0.3 is 19.8 Å². The standard InChI is InChI=1S/C26H23N.2CH3.2ClH.Zr/c1-2-10-20(11-3-1)18-19-27(21-12-4-5-13-21)26-24-16-8-6-14-22(24)23-15-7-9-17-25(23)26;;;;;/h1-12,14-17,26H,13,18-19H2;2*1H3;2*1H;/q;2*-1;;;+4/p-2. The number of hydrogen-bond acceptors (Lipinski definition) is 1. The van der Waals surface area contributed by atoms with Crippen molar-refractivity contribution in [2.45, 2.75) is 18.9 Å². The molecule has 32 heavy (non-hydrogen) atoms. The zero-order valence-corrected chi connectivity index (χ0v) is 22.6. The molecule has 0 N–H and O–H groups in total. The molecule has 0 unspecified atom stereocenters. The van der Waals surface area contributed by atoms with E-state index in [0.717, 1.165) is 19.4 Å². The fourth-order valence-corrected chi connectivity index (χ4v) is 4.45. The first-order valence-electron chi connectivity index (χ1n) is 10.1. The van der Waals surface area contributed by atoms with Crippen molar-refractivity contribution < 1.29 is 20.8 Å². The fraction of sp³-hybridized carbons (Fsp3) is 0.143. The molecule has 1 nitrogen and oxygen atoms in total. The van der Waals surface area contributed by atoms with E-state index in [1.807, 2.05) is 0 Å². The first-order valence-corrected chi connectivity index (χ1v) is 16.5. The van der Waals surface area contributed by atoms with Crippen LogP contribution in [0.1, 0.15) is 29.2 Å². The van der Waals surface area contributed by atoms with E-state index in [4.69, 9.17) is 17.0 Å². The van der Waals surface area contributed by atoms with Crippen LogP contribution in [0.4, 0.5) is 0 Å². The summed E-state index contributed by atoms with van der Waals surface area (Å²) in [6.07, 6.45) is 8.82. The number of allylic oxidation sites excluding steroid dienone is 3. The molecular weight excluding hydrogens is 512 g/mol. The van der Waals surface area contributed by atoms with Crippen LogP contribution in [-0.2, 0) is 27.3 Å². The van der Waals surface area contributed by atoms with Crippen LogP contribution in [0.25, 0.3) is 11.1 Å². The Balaban J connectivity index is 0.000000690. The second-order valence-electron chi connectivity index (χ2n) is 7.37. The van der Waals surface area contributed by atoms with E-state index < -0.39 is 20.8 Å². The van der Waals surface area contributed by atoms with Crippen LogP contribution in [0.3, 0.4) is 0 Å². The third-order valence-corrected chi connectivity index (χ3v) is 5.72. The van der Waals surface area contributed by atoms with Crippen molar-refractivity contribution in [2.75, 3.05) is 6.54 Å². The van der Waals surface area contributed by atoms with Crippen molar-refractivity contribution in [1.82, 2.24) is 4.90 Å². The van der Waals surface area contributed by atoms with Gasteiger partial charge in [-0.05, 0) is 40.3 Å². The number of halogens is 2. The van der Waals surface area contributed by atoms with E-state index in [0.29, 0.717) is 6.04 Å². The van der Waals surface area contributed by atoms with Gasteiger partial charge in [0, 0.05) is 18.7 Å². The van der Waals surface area contributed by atoms with Gasteiger partial charge in [-0.1, -0.05) is 91.0 Å². The Morgan fingerprint density at radius 2 is 1.31 bits per heavy atom. The number of hydrogen-bond donors (Lipinski definition) is 0. The monoisotopic (exact) mass is 539 g/mol. The van der Waals surface area contributed by atoms with Crippen LogP contribution >= 0.6 is 17.0 Å². The molecule has 0 heterocycles. The van der Waals surface area contributed by atoms with Crippen molar-refractivity contribution in [1.29, 1.82) is 0 Å². The Morgan fingerprint density at radius 1 is 0.781 bits per heavy atom. The normalized spacial score (nSPS) is 12.8. The van der Waals surface area contributed by atoms with Crippen molar-refractivity contribution >= 4 is 17.0 Å². The van der Waals surface area contributed by atoms with Crippen LogP contribution in [-0.4, -0.2) is 11.4 Å². The molecule has 0 spiro atoms. The van der Waals surface area contributed by atoms with Crippen LogP contribution < -0.4 is 0 Å². The molecule has 2 aliphatic rings. The van der Waals surface area contributed by atoms with Gasteiger partial charge in [0.25, 0.3) is 0 Å². The second kappa shape index (κ2) is 13.2. The molecule has 0 fully saturated rings. The Labute approximate surface area is 212 Å². The summed E-state index contributed by atoms with van der Waals surface area (Å²) in [5, 5.41) is 0. The Bertz CT molecular complexity index is 1000. The summed E-state index contributed by atoms with van der Waals surface area (Å²) in [4.78, 5) is 2.62. The van der Waals surface area contributed by atoms with Crippen LogP contribution in [0.2, 0.25) is 0 Å². The van der Waals surface area contributed by atoms with Gasteiger partial charge in [-0.15, -0.1) is 0 Å². The molecule has 2 aliphatic carbocycles. The molecule has 0 amide bonds. The first-order chi connectivity index (χ1) is 14.8. The molecule has 0 saturated carbocycles. The zero-order valence-electron chi connectivity index (χ0n) is 18.6. The summed E-state index contributed by atoms with van der Waals surface area (Å²) < 4.78 is 0. The molecule has 5 rings (SSSR count). The topological polar surface area (TPSA) is 3.24 Å². The van der Waals surface area contributed by atoms with E-state index in [1.54, 1.807) is 0 Å². The van der Waals surface area contributed by atoms with Gasteiger partial charge in [0.2, 0.25) is 0 Å². The second-order valence-corrected chi connectivity index (χ2v) is 11.1. The molecule has 4 heteroatoms. The van der Waals surface area contributed by atoms with E-state index in [-0.39, 0.29) is 14.9 Å². The van der Waals surface area contributed by atoms with Crippen molar-refractivity contribution in [3.8, 4) is 11.1 Å². The Morgan fingerprint density at radius 3 is 1.84 bits per heavy atom. The fourth-order valence-electron chi connectivity index (χ4n) is 4.45. The molecule has 0 bridgehead atoms. The summed E-state index contributed by atoms with van der Waals surface area (Å²) in [6.45, 7) is 1.02. The summed E-state index contributed by atoms with van der Waals surface area (Å²) >= 11 is -0.826. The van der Waals surface area contributed by atoms with E-state index >= 15 is 0 Å². The van der Waals surface area contributed by atoms with Gasteiger partial charge in [-0.3, -0.25) is 0 Å². The minimum absolute atomic E-state index is 0. The summed E-state index contributed by atoms with van der Waals surface area (Å²) in [5.74, 6) is 0. The SMILES string of the molecule is C1=CCC(N(CCc2ccccc2)C2c3ccccc3-c3ccccc32)=C1.[CH3-].[CH3-].[Cl][Zr+2][Cl]. The average molecular weight is 542 g/mol. The van der Waals surface area contributed by atoms with Crippen molar-refractivity contribution in [3.05, 3.63) is 134 Å². The maximum atomic E-state index is 4.93. The van der Waals surface area contributed by atoms with Gasteiger partial charge >= 0.3 is 37.9 Å². The number of nitrogens with zero attached hydrogens (tertiary/aromatic N) is 1. The van der Waals surface area contributed by atoms with Gasteiger partial charge in [-0.25, -0.2) is 0 Å². The molecule has 0 saturated heterocycles. The molecule has 3 aromatic carbocycles. The summed E-state index contributed by atoms with van der Waals surface area (Å²) in [5.41, 5.74) is 8.44.